The summed E-state index contributed by atoms with van der Waals surface area (Å²) in [6.07, 6.45) is 1.64. The third-order valence-corrected chi connectivity index (χ3v) is 4.08. The molecule has 0 bridgehead atoms. The summed E-state index contributed by atoms with van der Waals surface area (Å²) in [6, 6.07) is 17.6. The molecule has 4 heteroatoms. The highest BCUT2D eigenvalue weighted by Gasteiger charge is 2.36. The van der Waals surface area contributed by atoms with Gasteiger partial charge in [0.15, 0.2) is 0 Å². The molecule has 0 amide bonds. The third-order valence-electron chi connectivity index (χ3n) is 4.08. The van der Waals surface area contributed by atoms with Gasteiger partial charge in [-0.05, 0) is 49.6 Å². The van der Waals surface area contributed by atoms with Crippen LogP contribution < -0.4 is 4.74 Å². The van der Waals surface area contributed by atoms with Gasteiger partial charge in [-0.3, -0.25) is 4.79 Å². The van der Waals surface area contributed by atoms with Crippen LogP contribution in [0.25, 0.3) is 0 Å². The highest BCUT2D eigenvalue weighted by molar-refractivity contribution is 5.73. The molecule has 0 heterocycles. The van der Waals surface area contributed by atoms with E-state index in [9.17, 15) is 4.79 Å². The van der Waals surface area contributed by atoms with E-state index in [-0.39, 0.29) is 18.0 Å². The summed E-state index contributed by atoms with van der Waals surface area (Å²) in [5.41, 5.74) is 1.06. The van der Waals surface area contributed by atoms with Crippen LogP contribution in [0.3, 0.4) is 0 Å². The monoisotopic (exact) mass is 326 g/mol. The lowest BCUT2D eigenvalue weighted by Crippen LogP contribution is -2.37. The van der Waals surface area contributed by atoms with Crippen LogP contribution in [-0.2, 0) is 20.9 Å². The molecule has 0 aliphatic heterocycles. The summed E-state index contributed by atoms with van der Waals surface area (Å²) in [7, 11) is 0. The SMILES string of the molecule is CCOC(=O)[C@H]1C[C@@H](OCc2cccc(Oc3ccccc3)c2)C1. The van der Waals surface area contributed by atoms with E-state index in [1.807, 2.05) is 61.5 Å². The lowest BCUT2D eigenvalue weighted by molar-refractivity contribution is -0.157. The Morgan fingerprint density at radius 2 is 1.79 bits per heavy atom. The lowest BCUT2D eigenvalue weighted by atomic mass is 9.82. The van der Waals surface area contributed by atoms with Crippen LogP contribution in [0.1, 0.15) is 25.3 Å². The minimum absolute atomic E-state index is 0.00250. The summed E-state index contributed by atoms with van der Waals surface area (Å²) < 4.78 is 16.7. The Bertz CT molecular complexity index is 662. The van der Waals surface area contributed by atoms with Gasteiger partial charge in [0.2, 0.25) is 0 Å². The third kappa shape index (κ3) is 4.36. The van der Waals surface area contributed by atoms with Gasteiger partial charge in [-0.15, -0.1) is 0 Å². The van der Waals surface area contributed by atoms with Crippen LogP contribution in [0.2, 0.25) is 0 Å². The second-order valence-electron chi connectivity index (χ2n) is 5.92. The van der Waals surface area contributed by atoms with Gasteiger partial charge >= 0.3 is 5.97 Å². The van der Waals surface area contributed by atoms with Crippen molar-refractivity contribution in [2.45, 2.75) is 32.5 Å². The molecule has 0 unspecified atom stereocenters. The standard InChI is InChI=1S/C20H22O4/c1-2-22-20(21)16-12-19(13-16)23-14-15-7-6-10-18(11-15)24-17-8-4-3-5-9-17/h3-11,16,19H,2,12-14H2,1H3/t16-,19+. The van der Waals surface area contributed by atoms with Crippen molar-refractivity contribution in [3.63, 3.8) is 0 Å². The maximum absolute atomic E-state index is 11.6. The lowest BCUT2D eigenvalue weighted by Gasteiger charge is -2.33. The molecule has 0 N–H and O–H groups in total. The average molecular weight is 326 g/mol. The molecule has 126 valence electrons. The molecule has 0 radical (unpaired) electrons. The molecule has 2 aromatic rings. The number of benzene rings is 2. The molecular weight excluding hydrogens is 304 g/mol. The van der Waals surface area contributed by atoms with Crippen LogP contribution in [-0.4, -0.2) is 18.7 Å². The fraction of sp³-hybridized carbons (Fsp3) is 0.350. The van der Waals surface area contributed by atoms with Crippen molar-refractivity contribution in [3.8, 4) is 11.5 Å². The van der Waals surface area contributed by atoms with Gasteiger partial charge in [0.05, 0.1) is 25.2 Å². The molecule has 0 aromatic heterocycles. The number of carbonyl (C=O) groups excluding carboxylic acids is 1. The second kappa shape index (κ2) is 7.97. The van der Waals surface area contributed by atoms with Crippen LogP contribution in [0.4, 0.5) is 0 Å². The molecule has 1 aliphatic carbocycles. The van der Waals surface area contributed by atoms with Gasteiger partial charge in [-0.1, -0.05) is 30.3 Å². The first-order valence-corrected chi connectivity index (χ1v) is 8.34. The molecule has 1 saturated carbocycles. The Kier molecular flexibility index (Phi) is 5.49. The largest absolute Gasteiger partial charge is 0.466 e. The van der Waals surface area contributed by atoms with Gasteiger partial charge in [-0.25, -0.2) is 0 Å². The number of ether oxygens (including phenoxy) is 3. The maximum Gasteiger partial charge on any atom is 0.309 e. The Labute approximate surface area is 142 Å². The number of hydrogen-bond acceptors (Lipinski definition) is 4. The summed E-state index contributed by atoms with van der Waals surface area (Å²) in [6.45, 7) is 2.79. The fourth-order valence-corrected chi connectivity index (χ4v) is 2.69. The van der Waals surface area contributed by atoms with Crippen molar-refractivity contribution >= 4 is 5.97 Å². The average Bonchev–Trinajstić information content (AvgIpc) is 2.55. The van der Waals surface area contributed by atoms with Crippen LogP contribution in [0, 0.1) is 5.92 Å². The molecule has 4 nitrogen and oxygen atoms in total. The van der Waals surface area contributed by atoms with Crippen molar-refractivity contribution in [1.82, 2.24) is 0 Å². The molecular formula is C20H22O4. The summed E-state index contributed by atoms with van der Waals surface area (Å²) in [5.74, 6) is 1.51. The summed E-state index contributed by atoms with van der Waals surface area (Å²) in [5, 5.41) is 0. The molecule has 1 aliphatic rings. The van der Waals surface area contributed by atoms with E-state index in [1.54, 1.807) is 0 Å². The minimum Gasteiger partial charge on any atom is -0.466 e. The van der Waals surface area contributed by atoms with E-state index in [2.05, 4.69) is 0 Å². The van der Waals surface area contributed by atoms with E-state index >= 15 is 0 Å². The van der Waals surface area contributed by atoms with Crippen molar-refractivity contribution in [2.24, 2.45) is 5.92 Å². The molecule has 0 atom stereocenters. The Hall–Kier alpha value is -2.33. The van der Waals surface area contributed by atoms with Crippen molar-refractivity contribution < 1.29 is 19.0 Å². The highest BCUT2D eigenvalue weighted by Crippen LogP contribution is 2.32. The Morgan fingerprint density at radius 1 is 1.04 bits per heavy atom. The van der Waals surface area contributed by atoms with E-state index in [0.29, 0.717) is 13.2 Å². The van der Waals surface area contributed by atoms with Gasteiger partial charge < -0.3 is 14.2 Å². The van der Waals surface area contributed by atoms with Gasteiger partial charge in [0, 0.05) is 0 Å². The van der Waals surface area contributed by atoms with Gasteiger partial charge in [0.1, 0.15) is 11.5 Å². The van der Waals surface area contributed by atoms with Crippen LogP contribution in [0.5, 0.6) is 11.5 Å². The first-order valence-electron chi connectivity index (χ1n) is 8.34. The van der Waals surface area contributed by atoms with Crippen molar-refractivity contribution in [2.75, 3.05) is 6.61 Å². The maximum atomic E-state index is 11.6. The highest BCUT2D eigenvalue weighted by atomic mass is 16.5. The van der Waals surface area contributed by atoms with Crippen molar-refractivity contribution in [3.05, 3.63) is 60.2 Å². The quantitative estimate of drug-likeness (QED) is 0.710. The second-order valence-corrected chi connectivity index (χ2v) is 5.92. The summed E-state index contributed by atoms with van der Waals surface area (Å²) >= 11 is 0. The van der Waals surface area contributed by atoms with E-state index in [1.165, 1.54) is 0 Å². The number of para-hydroxylation sites is 1. The predicted molar refractivity (Wildman–Crippen MR) is 90.9 cm³/mol. The molecule has 1 fully saturated rings. The minimum atomic E-state index is -0.101. The fourth-order valence-electron chi connectivity index (χ4n) is 2.69. The van der Waals surface area contributed by atoms with E-state index < -0.39 is 0 Å². The first kappa shape index (κ1) is 16.5. The topological polar surface area (TPSA) is 44.8 Å². The van der Waals surface area contributed by atoms with E-state index in [4.69, 9.17) is 14.2 Å². The zero-order valence-electron chi connectivity index (χ0n) is 13.8. The zero-order chi connectivity index (χ0) is 16.8. The van der Waals surface area contributed by atoms with Gasteiger partial charge in [-0.2, -0.15) is 0 Å². The zero-order valence-corrected chi connectivity index (χ0v) is 13.8. The van der Waals surface area contributed by atoms with Crippen molar-refractivity contribution in [1.29, 1.82) is 0 Å². The summed E-state index contributed by atoms with van der Waals surface area (Å²) in [4.78, 5) is 11.6. The number of hydrogen-bond donors (Lipinski definition) is 0. The normalized spacial score (nSPS) is 19.4. The molecule has 0 spiro atoms. The molecule has 24 heavy (non-hydrogen) atoms. The smallest absolute Gasteiger partial charge is 0.309 e. The molecule has 2 aromatic carbocycles. The number of esters is 1. The number of carbonyl (C=O) groups is 1. The first-order chi connectivity index (χ1) is 11.7. The van der Waals surface area contributed by atoms with Gasteiger partial charge in [0.25, 0.3) is 0 Å². The number of rotatable bonds is 7. The van der Waals surface area contributed by atoms with Crippen LogP contribution >= 0.6 is 0 Å². The predicted octanol–water partition coefficient (Wildman–Crippen LogP) is 4.34. The van der Waals surface area contributed by atoms with E-state index in [0.717, 1.165) is 29.9 Å². The Balaban J connectivity index is 1.47. The molecule has 0 saturated heterocycles. The Morgan fingerprint density at radius 3 is 2.54 bits per heavy atom. The molecule has 3 rings (SSSR count). The van der Waals surface area contributed by atoms with Crippen LogP contribution in [0.15, 0.2) is 54.6 Å².